The summed E-state index contributed by atoms with van der Waals surface area (Å²) in [5, 5.41) is 5.27. The number of nitrogens with zero attached hydrogens (tertiary/aromatic N) is 2. The number of carbonyl (C=O) groups excluding carboxylic acids is 1. The van der Waals surface area contributed by atoms with Crippen molar-refractivity contribution in [2.45, 2.75) is 16.5 Å². The predicted molar refractivity (Wildman–Crippen MR) is 123 cm³/mol. The molecule has 0 fully saturated rings. The van der Waals surface area contributed by atoms with E-state index >= 15 is 0 Å². The molecule has 2 N–H and O–H groups in total. The number of carbonyl (C=O) groups is 1. The zero-order valence-corrected chi connectivity index (χ0v) is 19.6. The molecule has 0 saturated carbocycles. The Hall–Kier alpha value is -2.69. The first-order valence-corrected chi connectivity index (χ1v) is 12.4. The van der Waals surface area contributed by atoms with Gasteiger partial charge in [0, 0.05) is 5.56 Å². The van der Waals surface area contributed by atoms with Gasteiger partial charge in [0.15, 0.2) is 9.84 Å². The fourth-order valence-electron chi connectivity index (χ4n) is 3.38. The Morgan fingerprint density at radius 1 is 1.19 bits per heavy atom. The number of amides is 1. The largest absolute Gasteiger partial charge is 0.496 e. The van der Waals surface area contributed by atoms with Gasteiger partial charge < -0.3 is 10.5 Å². The number of methoxy groups -OCH3 is 1. The Bertz CT molecular complexity index is 1390. The van der Waals surface area contributed by atoms with Crippen LogP contribution in [-0.2, 0) is 22.1 Å². The molecule has 0 atom stereocenters. The molecule has 2 aromatic carbocycles. The van der Waals surface area contributed by atoms with Gasteiger partial charge in [-0.2, -0.15) is 5.10 Å². The summed E-state index contributed by atoms with van der Waals surface area (Å²) in [7, 11) is -2.05. The van der Waals surface area contributed by atoms with Crippen molar-refractivity contribution in [3.05, 3.63) is 75.2 Å². The first-order chi connectivity index (χ1) is 14.8. The quantitative estimate of drug-likeness (QED) is 0.397. The van der Waals surface area contributed by atoms with Crippen LogP contribution in [0, 0.1) is 0 Å². The van der Waals surface area contributed by atoms with Crippen molar-refractivity contribution in [3.8, 4) is 5.75 Å². The molecule has 0 radical (unpaired) electrons. The van der Waals surface area contributed by atoms with E-state index in [0.29, 0.717) is 28.9 Å². The number of aromatic nitrogens is 2. The normalized spacial score (nSPS) is 11.7. The van der Waals surface area contributed by atoms with Crippen molar-refractivity contribution >= 4 is 53.9 Å². The molecule has 0 aliphatic heterocycles. The Morgan fingerprint density at radius 3 is 2.65 bits per heavy atom. The highest BCUT2D eigenvalue weighted by molar-refractivity contribution is 9.11. The number of nitrogens with two attached hydrogens (primary N) is 1. The van der Waals surface area contributed by atoms with Crippen LogP contribution in [0.4, 0.5) is 0 Å². The van der Waals surface area contributed by atoms with Crippen LogP contribution in [0.25, 0.3) is 10.9 Å². The lowest BCUT2D eigenvalue weighted by atomic mass is 10.1. The second-order valence-corrected chi connectivity index (χ2v) is 11.5. The smallest absolute Gasteiger partial charge is 0.248 e. The monoisotopic (exact) mass is 519 g/mol. The molecule has 0 bridgehead atoms. The lowest BCUT2D eigenvalue weighted by Crippen LogP contribution is -2.12. The molecule has 160 valence electrons. The summed E-state index contributed by atoms with van der Waals surface area (Å²) < 4.78 is 34.2. The molecule has 31 heavy (non-hydrogen) atoms. The summed E-state index contributed by atoms with van der Waals surface area (Å²) in [5.74, 6) is -0.222. The lowest BCUT2D eigenvalue weighted by molar-refractivity contribution is 0.1000. The van der Waals surface area contributed by atoms with Crippen LogP contribution in [0.2, 0.25) is 0 Å². The number of hydrogen-bond donors (Lipinski definition) is 1. The highest BCUT2D eigenvalue weighted by Crippen LogP contribution is 2.33. The summed E-state index contributed by atoms with van der Waals surface area (Å²) in [6.07, 6.45) is 0. The van der Waals surface area contributed by atoms with Crippen LogP contribution in [0.15, 0.2) is 62.6 Å². The summed E-state index contributed by atoms with van der Waals surface area (Å²) in [6, 6.07) is 15.7. The average molecular weight is 520 g/mol. The molecule has 1 amide bonds. The van der Waals surface area contributed by atoms with Crippen molar-refractivity contribution in [1.82, 2.24) is 9.78 Å². The van der Waals surface area contributed by atoms with Crippen molar-refractivity contribution in [2.24, 2.45) is 5.73 Å². The minimum atomic E-state index is -3.59. The molecular weight excluding hydrogens is 502 g/mol. The number of primary amides is 1. The third-order valence-electron chi connectivity index (χ3n) is 4.76. The Labute approximate surface area is 191 Å². The maximum absolute atomic E-state index is 13.0. The minimum Gasteiger partial charge on any atom is -0.496 e. The number of ether oxygens (including phenoxy) is 1. The van der Waals surface area contributed by atoms with Gasteiger partial charge in [-0.05, 0) is 57.9 Å². The molecule has 0 unspecified atom stereocenters. The van der Waals surface area contributed by atoms with E-state index in [2.05, 4.69) is 21.0 Å². The van der Waals surface area contributed by atoms with Gasteiger partial charge in [-0.25, -0.2) is 8.42 Å². The topological polar surface area (TPSA) is 104 Å². The van der Waals surface area contributed by atoms with E-state index in [4.69, 9.17) is 10.5 Å². The van der Waals surface area contributed by atoms with Crippen LogP contribution in [-0.4, -0.2) is 31.2 Å². The highest BCUT2D eigenvalue weighted by atomic mass is 79.9. The number of rotatable bonds is 7. The maximum atomic E-state index is 13.0. The zero-order valence-electron chi connectivity index (χ0n) is 16.4. The Balaban J connectivity index is 1.80. The van der Waals surface area contributed by atoms with E-state index in [1.54, 1.807) is 41.1 Å². The summed E-state index contributed by atoms with van der Waals surface area (Å²) in [6.45, 7) is 0.343. The first-order valence-electron chi connectivity index (χ1n) is 9.18. The lowest BCUT2D eigenvalue weighted by Gasteiger charge is -2.06. The molecule has 4 aromatic rings. The maximum Gasteiger partial charge on any atom is 0.248 e. The van der Waals surface area contributed by atoms with Crippen LogP contribution >= 0.6 is 27.3 Å². The summed E-state index contributed by atoms with van der Waals surface area (Å²) in [4.78, 5) is 11.5. The van der Waals surface area contributed by atoms with Crippen molar-refractivity contribution in [2.75, 3.05) is 7.11 Å². The predicted octanol–water partition coefficient (Wildman–Crippen LogP) is 3.99. The molecule has 0 aliphatic rings. The molecule has 0 saturated heterocycles. The summed E-state index contributed by atoms with van der Waals surface area (Å²) in [5.41, 5.74) is 7.75. The SMILES string of the molecule is COc1cccc2c1c(CS(=O)(=O)c1ccc(Br)s1)nn2Cc1cccc(C(N)=O)c1. The van der Waals surface area contributed by atoms with Crippen molar-refractivity contribution < 1.29 is 17.9 Å². The number of hydrogen-bond acceptors (Lipinski definition) is 6. The number of thiophene rings is 1. The van der Waals surface area contributed by atoms with Gasteiger partial charge in [0.25, 0.3) is 0 Å². The van der Waals surface area contributed by atoms with Gasteiger partial charge in [-0.3, -0.25) is 9.48 Å². The van der Waals surface area contributed by atoms with E-state index in [-0.39, 0.29) is 9.96 Å². The molecule has 0 spiro atoms. The van der Waals surface area contributed by atoms with Gasteiger partial charge in [0.1, 0.15) is 15.7 Å². The molecule has 2 aromatic heterocycles. The van der Waals surface area contributed by atoms with Gasteiger partial charge in [0.2, 0.25) is 5.91 Å². The average Bonchev–Trinajstić information content (AvgIpc) is 3.32. The van der Waals surface area contributed by atoms with Gasteiger partial charge in [-0.15, -0.1) is 11.3 Å². The van der Waals surface area contributed by atoms with E-state index < -0.39 is 15.7 Å². The van der Waals surface area contributed by atoms with Gasteiger partial charge in [-0.1, -0.05) is 18.2 Å². The standard InChI is InChI=1S/C21H18BrN3O4S2/c1-29-17-7-3-6-16-20(17)15(12-31(27,28)19-9-8-18(22)30-19)24-25(16)11-13-4-2-5-14(10-13)21(23)26/h2-10H,11-12H2,1H3,(H2,23,26). The fourth-order valence-corrected chi connectivity index (χ4v) is 6.75. The van der Waals surface area contributed by atoms with Crippen molar-refractivity contribution in [3.63, 3.8) is 0 Å². The van der Waals surface area contributed by atoms with Crippen LogP contribution in [0.5, 0.6) is 5.75 Å². The molecule has 4 rings (SSSR count). The van der Waals surface area contributed by atoms with E-state index in [1.807, 2.05) is 18.2 Å². The minimum absolute atomic E-state index is 0.259. The molecule has 2 heterocycles. The highest BCUT2D eigenvalue weighted by Gasteiger charge is 2.24. The van der Waals surface area contributed by atoms with Crippen LogP contribution in [0.3, 0.4) is 0 Å². The third-order valence-corrected chi connectivity index (χ3v) is 8.59. The molecular formula is C21H18BrN3O4S2. The zero-order chi connectivity index (χ0) is 22.2. The number of benzene rings is 2. The Kier molecular flexibility index (Phi) is 5.87. The first kappa shape index (κ1) is 21.5. The van der Waals surface area contributed by atoms with E-state index in [0.717, 1.165) is 26.2 Å². The summed E-state index contributed by atoms with van der Waals surface area (Å²) >= 11 is 4.47. The number of sulfone groups is 1. The van der Waals surface area contributed by atoms with Gasteiger partial charge >= 0.3 is 0 Å². The molecule has 10 heteroatoms. The fraction of sp³-hybridized carbons (Fsp3) is 0.143. The number of halogens is 1. The van der Waals surface area contributed by atoms with Crippen LogP contribution in [0.1, 0.15) is 21.6 Å². The van der Waals surface area contributed by atoms with Crippen LogP contribution < -0.4 is 10.5 Å². The Morgan fingerprint density at radius 2 is 1.97 bits per heavy atom. The third kappa shape index (κ3) is 4.36. The van der Waals surface area contributed by atoms with E-state index in [9.17, 15) is 13.2 Å². The number of fused-ring (bicyclic) bond motifs is 1. The molecule has 7 nitrogen and oxygen atoms in total. The van der Waals surface area contributed by atoms with Gasteiger partial charge in [0.05, 0.1) is 34.0 Å². The second-order valence-electron chi connectivity index (χ2n) is 6.84. The van der Waals surface area contributed by atoms with Crippen molar-refractivity contribution in [1.29, 1.82) is 0 Å². The molecule has 0 aliphatic carbocycles. The second kappa shape index (κ2) is 8.45. The van der Waals surface area contributed by atoms with E-state index in [1.165, 1.54) is 7.11 Å².